The predicted molar refractivity (Wildman–Crippen MR) is 123 cm³/mol. The van der Waals surface area contributed by atoms with Gasteiger partial charge in [-0.2, -0.15) is 0 Å². The van der Waals surface area contributed by atoms with E-state index in [0.717, 1.165) is 25.7 Å². The first-order valence-electron chi connectivity index (χ1n) is 10.6. The van der Waals surface area contributed by atoms with Crippen LogP contribution >= 0.6 is 0 Å². The van der Waals surface area contributed by atoms with Crippen LogP contribution in [-0.4, -0.2) is 0 Å². The highest BCUT2D eigenvalue weighted by Crippen LogP contribution is 2.24. The van der Waals surface area contributed by atoms with Gasteiger partial charge in [0.2, 0.25) is 0 Å². The normalized spacial score (nSPS) is 11.1. The molecule has 0 amide bonds. The van der Waals surface area contributed by atoms with Gasteiger partial charge in [-0.15, -0.1) is 0 Å². The van der Waals surface area contributed by atoms with Crippen LogP contribution in [0.1, 0.15) is 55.6 Å². The Morgan fingerprint density at radius 3 is 1.46 bits per heavy atom. The van der Waals surface area contributed by atoms with Crippen molar-refractivity contribution in [3.8, 4) is 0 Å². The summed E-state index contributed by atoms with van der Waals surface area (Å²) in [4.78, 5) is 0. The molecule has 0 atom stereocenters. The van der Waals surface area contributed by atoms with Crippen LogP contribution in [0.4, 0.5) is 0 Å². The zero-order chi connectivity index (χ0) is 20.3. The molecule has 0 aliphatic heterocycles. The van der Waals surface area contributed by atoms with Gasteiger partial charge in [0.05, 0.1) is 0 Å². The molecule has 146 valence electrons. The third-order valence-electron chi connectivity index (χ3n) is 6.71. The molecule has 0 radical (unpaired) electrons. The number of rotatable bonds is 6. The van der Waals surface area contributed by atoms with Crippen LogP contribution in [0.2, 0.25) is 0 Å². The first-order chi connectivity index (χ1) is 13.4. The van der Waals surface area contributed by atoms with Crippen LogP contribution < -0.4 is 0 Å². The quantitative estimate of drug-likeness (QED) is 0.434. The van der Waals surface area contributed by atoms with Crippen molar-refractivity contribution in [3.63, 3.8) is 0 Å². The van der Waals surface area contributed by atoms with Crippen LogP contribution in [0.25, 0.3) is 0 Å². The smallest absolute Gasteiger partial charge is 0.0233 e. The van der Waals surface area contributed by atoms with E-state index < -0.39 is 0 Å². The predicted octanol–water partition coefficient (Wildman–Crippen LogP) is 7.11. The Morgan fingerprint density at radius 2 is 0.893 bits per heavy atom. The highest BCUT2D eigenvalue weighted by Gasteiger charge is 2.11. The topological polar surface area (TPSA) is 0 Å². The zero-order valence-corrected chi connectivity index (χ0v) is 18.4. The molecule has 0 saturated heterocycles. The lowest BCUT2D eigenvalue weighted by atomic mass is 9.88. The van der Waals surface area contributed by atoms with E-state index in [9.17, 15) is 0 Å². The van der Waals surface area contributed by atoms with E-state index >= 15 is 0 Å². The molecule has 0 unspecified atom stereocenters. The number of benzene rings is 3. The summed E-state index contributed by atoms with van der Waals surface area (Å²) in [7, 11) is 0. The van der Waals surface area contributed by atoms with Crippen LogP contribution in [0.3, 0.4) is 0 Å². The Morgan fingerprint density at radius 1 is 0.429 bits per heavy atom. The van der Waals surface area contributed by atoms with E-state index in [0.29, 0.717) is 0 Å². The van der Waals surface area contributed by atoms with Crippen LogP contribution in [0.5, 0.6) is 0 Å². The third kappa shape index (κ3) is 4.38. The van der Waals surface area contributed by atoms with Crippen molar-refractivity contribution in [2.75, 3.05) is 0 Å². The highest BCUT2D eigenvalue weighted by atomic mass is 14.2. The molecule has 0 bridgehead atoms. The van der Waals surface area contributed by atoms with Gasteiger partial charge < -0.3 is 0 Å². The van der Waals surface area contributed by atoms with Gasteiger partial charge in [-0.1, -0.05) is 48.5 Å². The van der Waals surface area contributed by atoms with Gasteiger partial charge in [-0.25, -0.2) is 0 Å². The second-order valence-corrected chi connectivity index (χ2v) is 8.36. The molecule has 0 heteroatoms. The summed E-state index contributed by atoms with van der Waals surface area (Å²) in [6.45, 7) is 13.5. The van der Waals surface area contributed by atoms with Crippen molar-refractivity contribution in [1.82, 2.24) is 0 Å². The lowest BCUT2D eigenvalue weighted by Gasteiger charge is -2.17. The zero-order valence-electron chi connectivity index (χ0n) is 18.4. The summed E-state index contributed by atoms with van der Waals surface area (Å²) in [6, 6.07) is 18.1. The largest absolute Gasteiger partial charge is 0.0617 e. The molecule has 28 heavy (non-hydrogen) atoms. The van der Waals surface area contributed by atoms with E-state index in [1.807, 2.05) is 0 Å². The summed E-state index contributed by atoms with van der Waals surface area (Å²) < 4.78 is 0. The van der Waals surface area contributed by atoms with E-state index in [2.05, 4.69) is 90.1 Å². The van der Waals surface area contributed by atoms with Gasteiger partial charge in [-0.05, 0) is 123 Å². The average molecular weight is 371 g/mol. The molecular formula is C28H34. The minimum atomic E-state index is 1.12. The molecule has 0 heterocycles. The molecule has 0 N–H and O–H groups in total. The summed E-state index contributed by atoms with van der Waals surface area (Å²) in [5.41, 5.74) is 14.6. The van der Waals surface area contributed by atoms with Crippen molar-refractivity contribution in [2.24, 2.45) is 0 Å². The molecule has 0 aromatic heterocycles. The molecule has 0 nitrogen and oxygen atoms in total. The molecule has 0 spiro atoms. The summed E-state index contributed by atoms with van der Waals surface area (Å²) >= 11 is 0. The second kappa shape index (κ2) is 8.78. The first kappa shape index (κ1) is 20.4. The average Bonchev–Trinajstić information content (AvgIpc) is 2.68. The summed E-state index contributed by atoms with van der Waals surface area (Å²) in [5.74, 6) is 0. The molecule has 3 rings (SSSR count). The Hall–Kier alpha value is -2.34. The third-order valence-corrected chi connectivity index (χ3v) is 6.71. The van der Waals surface area contributed by atoms with Crippen LogP contribution in [0.15, 0.2) is 48.5 Å². The van der Waals surface area contributed by atoms with Crippen molar-refractivity contribution < 1.29 is 0 Å². The number of aryl methyl sites for hydroxylation is 6. The molecular weight excluding hydrogens is 336 g/mol. The van der Waals surface area contributed by atoms with Gasteiger partial charge in [0.25, 0.3) is 0 Å². The van der Waals surface area contributed by atoms with Gasteiger partial charge >= 0.3 is 0 Å². The standard InChI is InChI=1S/C28H34/c1-19-9-7-11-25(22(19)4)15-16-27-14-13-21(3)24(6)28(27)18-17-26-12-8-10-20(2)23(26)5/h7-14H,15-18H2,1-6H3. The molecule has 0 saturated carbocycles. The Balaban J connectivity index is 1.83. The lowest BCUT2D eigenvalue weighted by molar-refractivity contribution is 0.873. The Kier molecular flexibility index (Phi) is 6.39. The second-order valence-electron chi connectivity index (χ2n) is 8.36. The lowest BCUT2D eigenvalue weighted by Crippen LogP contribution is -2.05. The number of hydrogen-bond acceptors (Lipinski definition) is 0. The maximum absolute atomic E-state index is 2.37. The summed E-state index contributed by atoms with van der Waals surface area (Å²) in [6.07, 6.45) is 4.48. The van der Waals surface area contributed by atoms with Crippen molar-refractivity contribution in [3.05, 3.63) is 104 Å². The fourth-order valence-corrected chi connectivity index (χ4v) is 4.21. The first-order valence-corrected chi connectivity index (χ1v) is 10.6. The minimum Gasteiger partial charge on any atom is -0.0617 e. The van der Waals surface area contributed by atoms with E-state index in [1.54, 1.807) is 5.56 Å². The van der Waals surface area contributed by atoms with Crippen LogP contribution in [0, 0.1) is 41.5 Å². The maximum Gasteiger partial charge on any atom is -0.0233 e. The van der Waals surface area contributed by atoms with Crippen molar-refractivity contribution in [2.45, 2.75) is 67.2 Å². The van der Waals surface area contributed by atoms with Crippen molar-refractivity contribution in [1.29, 1.82) is 0 Å². The van der Waals surface area contributed by atoms with Gasteiger partial charge in [0.15, 0.2) is 0 Å². The SMILES string of the molecule is Cc1cccc(CCc2ccc(C)c(C)c2CCc2cccc(C)c2C)c1C. The summed E-state index contributed by atoms with van der Waals surface area (Å²) in [5, 5.41) is 0. The van der Waals surface area contributed by atoms with E-state index in [4.69, 9.17) is 0 Å². The molecule has 0 aliphatic carbocycles. The maximum atomic E-state index is 2.37. The molecule has 0 fully saturated rings. The number of hydrogen-bond donors (Lipinski definition) is 0. The molecule has 3 aromatic rings. The highest BCUT2D eigenvalue weighted by molar-refractivity contribution is 5.42. The monoisotopic (exact) mass is 370 g/mol. The van der Waals surface area contributed by atoms with Crippen molar-refractivity contribution >= 4 is 0 Å². The molecule has 3 aromatic carbocycles. The van der Waals surface area contributed by atoms with Gasteiger partial charge in [0, 0.05) is 0 Å². The Bertz CT molecular complexity index is 976. The van der Waals surface area contributed by atoms with Gasteiger partial charge in [0.1, 0.15) is 0 Å². The van der Waals surface area contributed by atoms with E-state index in [-0.39, 0.29) is 0 Å². The fraction of sp³-hybridized carbons (Fsp3) is 0.357. The fourth-order valence-electron chi connectivity index (χ4n) is 4.21. The minimum absolute atomic E-state index is 1.12. The van der Waals surface area contributed by atoms with E-state index in [1.165, 1.54) is 50.1 Å². The van der Waals surface area contributed by atoms with Crippen LogP contribution in [-0.2, 0) is 25.7 Å². The Labute approximate surface area is 171 Å². The molecule has 0 aliphatic rings. The van der Waals surface area contributed by atoms with Gasteiger partial charge in [-0.3, -0.25) is 0 Å².